The Balaban J connectivity index is 3.22. The zero-order valence-corrected chi connectivity index (χ0v) is 9.42. The van der Waals surface area contributed by atoms with E-state index in [4.69, 9.17) is 23.2 Å². The molecule has 0 aromatic carbocycles. The van der Waals surface area contributed by atoms with Crippen molar-refractivity contribution in [1.29, 1.82) is 0 Å². The molecule has 0 bridgehead atoms. The molecule has 1 heterocycles. The third-order valence-corrected chi connectivity index (χ3v) is 2.72. The first-order valence-corrected chi connectivity index (χ1v) is 5.84. The number of halogens is 3. The second-order valence-electron chi connectivity index (χ2n) is 2.71. The van der Waals surface area contributed by atoms with Gasteiger partial charge in [-0.25, -0.2) is 4.98 Å². The molecular weight excluding hydrogens is 252 g/mol. The first-order valence-electron chi connectivity index (χ1n) is 3.53. The van der Waals surface area contributed by atoms with Gasteiger partial charge in [0.2, 0.25) is 0 Å². The summed E-state index contributed by atoms with van der Waals surface area (Å²) in [6.07, 6.45) is 0. The van der Waals surface area contributed by atoms with Gasteiger partial charge in [-0.05, 0) is 18.6 Å². The van der Waals surface area contributed by atoms with Crippen LogP contribution in [-0.4, -0.2) is 13.4 Å². The number of aryl methyl sites for hydroxylation is 1. The van der Waals surface area contributed by atoms with E-state index in [2.05, 4.69) is 4.98 Å². The normalized spacial score (nSPS) is 11.7. The van der Waals surface area contributed by atoms with Crippen molar-refractivity contribution >= 4 is 33.4 Å². The number of pyridine rings is 1. The minimum atomic E-state index is -4.60. The molecule has 0 radical (unpaired) electrons. The van der Waals surface area contributed by atoms with Gasteiger partial charge in [-0.1, -0.05) is 23.2 Å². The number of nitrogens with zero attached hydrogens (tertiary/aromatic N) is 1. The zero-order valence-electron chi connectivity index (χ0n) is 7.09. The van der Waals surface area contributed by atoms with E-state index in [1.165, 1.54) is 6.07 Å². The van der Waals surface area contributed by atoms with Gasteiger partial charge in [0.25, 0.3) is 0 Å². The summed E-state index contributed by atoms with van der Waals surface area (Å²) in [5.74, 6) is -0.776. The number of hydrogen-bond acceptors (Lipinski definition) is 3. The molecule has 1 aromatic heterocycles. The standard InChI is InChI=1S/C7H6Cl2FNO2S/c1-4-2-6(8)11-7(9)5(4)3-14(10,12)13/h2H,3H2,1H3. The van der Waals surface area contributed by atoms with E-state index in [0.29, 0.717) is 5.56 Å². The smallest absolute Gasteiger partial charge is 0.224 e. The molecule has 78 valence electrons. The molecule has 7 heteroatoms. The Morgan fingerprint density at radius 3 is 2.50 bits per heavy atom. The third-order valence-electron chi connectivity index (χ3n) is 1.58. The molecule has 0 aliphatic rings. The summed E-state index contributed by atoms with van der Waals surface area (Å²) in [7, 11) is -4.60. The lowest BCUT2D eigenvalue weighted by Crippen LogP contribution is -2.01. The molecule has 1 aromatic rings. The predicted octanol–water partition coefficient (Wildman–Crippen LogP) is 2.50. The Bertz CT molecular complexity index is 438. The van der Waals surface area contributed by atoms with Crippen molar-refractivity contribution < 1.29 is 12.3 Å². The van der Waals surface area contributed by atoms with Crippen LogP contribution in [0.25, 0.3) is 0 Å². The highest BCUT2D eigenvalue weighted by molar-refractivity contribution is 7.85. The first-order chi connectivity index (χ1) is 6.29. The molecule has 3 nitrogen and oxygen atoms in total. The Kier molecular flexibility index (Phi) is 3.34. The summed E-state index contributed by atoms with van der Waals surface area (Å²) in [4.78, 5) is 3.62. The Morgan fingerprint density at radius 1 is 1.50 bits per heavy atom. The Morgan fingerprint density at radius 2 is 2.07 bits per heavy atom. The van der Waals surface area contributed by atoms with Crippen LogP contribution in [0, 0.1) is 6.92 Å². The zero-order chi connectivity index (χ0) is 10.9. The average molecular weight is 258 g/mol. The second-order valence-corrected chi connectivity index (χ2v) is 4.83. The maximum absolute atomic E-state index is 12.4. The van der Waals surface area contributed by atoms with Crippen LogP contribution in [-0.2, 0) is 16.0 Å². The van der Waals surface area contributed by atoms with Crippen LogP contribution >= 0.6 is 23.2 Å². The van der Waals surface area contributed by atoms with Crippen molar-refractivity contribution in [3.8, 4) is 0 Å². The van der Waals surface area contributed by atoms with Crippen LogP contribution in [0.5, 0.6) is 0 Å². The number of rotatable bonds is 2. The van der Waals surface area contributed by atoms with Crippen molar-refractivity contribution in [2.75, 3.05) is 0 Å². The van der Waals surface area contributed by atoms with Crippen LogP contribution in [0.3, 0.4) is 0 Å². The number of aromatic nitrogens is 1. The lowest BCUT2D eigenvalue weighted by Gasteiger charge is -2.05. The van der Waals surface area contributed by atoms with E-state index in [0.717, 1.165) is 0 Å². The van der Waals surface area contributed by atoms with Gasteiger partial charge in [0, 0.05) is 5.56 Å². The molecule has 0 N–H and O–H groups in total. The van der Waals surface area contributed by atoms with E-state index < -0.39 is 16.0 Å². The van der Waals surface area contributed by atoms with Crippen LogP contribution in [0.15, 0.2) is 6.07 Å². The van der Waals surface area contributed by atoms with Crippen LogP contribution in [0.4, 0.5) is 3.89 Å². The minimum absolute atomic E-state index is 0.0868. The fraction of sp³-hybridized carbons (Fsp3) is 0.286. The molecule has 0 fully saturated rings. The fourth-order valence-corrected chi connectivity index (χ4v) is 2.35. The lowest BCUT2D eigenvalue weighted by molar-refractivity contribution is 0.551. The SMILES string of the molecule is Cc1cc(Cl)nc(Cl)c1CS(=O)(=O)F. The molecular formula is C7H6Cl2FNO2S. The van der Waals surface area contributed by atoms with Gasteiger partial charge in [0.15, 0.2) is 0 Å². The fourth-order valence-electron chi connectivity index (χ4n) is 0.968. The summed E-state index contributed by atoms with van der Waals surface area (Å²) in [5.41, 5.74) is 0.634. The van der Waals surface area contributed by atoms with E-state index in [9.17, 15) is 12.3 Å². The molecule has 14 heavy (non-hydrogen) atoms. The van der Waals surface area contributed by atoms with Gasteiger partial charge in [0.1, 0.15) is 16.1 Å². The topological polar surface area (TPSA) is 47.0 Å². The summed E-state index contributed by atoms with van der Waals surface area (Å²) >= 11 is 11.2. The van der Waals surface area contributed by atoms with Gasteiger partial charge in [-0.3, -0.25) is 0 Å². The van der Waals surface area contributed by atoms with Crippen molar-refractivity contribution in [3.05, 3.63) is 27.5 Å². The molecule has 0 aliphatic heterocycles. The molecule has 0 atom stereocenters. The van der Waals surface area contributed by atoms with Crippen molar-refractivity contribution in [2.24, 2.45) is 0 Å². The summed E-state index contributed by atoms with van der Waals surface area (Å²) in [6.45, 7) is 1.58. The van der Waals surface area contributed by atoms with Gasteiger partial charge >= 0.3 is 10.2 Å². The lowest BCUT2D eigenvalue weighted by atomic mass is 10.2. The van der Waals surface area contributed by atoms with Crippen LogP contribution < -0.4 is 0 Å². The third kappa shape index (κ3) is 3.08. The maximum Gasteiger partial charge on any atom is 0.306 e. The highest BCUT2D eigenvalue weighted by Gasteiger charge is 2.15. The summed E-state index contributed by atoms with van der Waals surface area (Å²) in [6, 6.07) is 1.42. The number of hydrogen-bond donors (Lipinski definition) is 0. The van der Waals surface area contributed by atoms with Crippen LogP contribution in [0.2, 0.25) is 10.3 Å². The van der Waals surface area contributed by atoms with E-state index >= 15 is 0 Å². The van der Waals surface area contributed by atoms with Crippen LogP contribution in [0.1, 0.15) is 11.1 Å². The second kappa shape index (κ2) is 4.00. The van der Waals surface area contributed by atoms with E-state index in [-0.39, 0.29) is 15.9 Å². The predicted molar refractivity (Wildman–Crippen MR) is 52.7 cm³/mol. The summed E-state index contributed by atoms with van der Waals surface area (Å²) < 4.78 is 33.2. The monoisotopic (exact) mass is 257 g/mol. The molecule has 0 saturated heterocycles. The molecule has 0 unspecified atom stereocenters. The first kappa shape index (κ1) is 11.7. The maximum atomic E-state index is 12.4. The van der Waals surface area contributed by atoms with Crippen molar-refractivity contribution in [1.82, 2.24) is 4.98 Å². The van der Waals surface area contributed by atoms with Gasteiger partial charge in [0.05, 0.1) is 0 Å². The average Bonchev–Trinajstić information content (AvgIpc) is 1.95. The summed E-state index contributed by atoms with van der Waals surface area (Å²) in [5, 5.41) is 0.0590. The van der Waals surface area contributed by atoms with E-state index in [1.54, 1.807) is 6.92 Å². The van der Waals surface area contributed by atoms with Crippen molar-refractivity contribution in [2.45, 2.75) is 12.7 Å². The largest absolute Gasteiger partial charge is 0.306 e. The molecule has 0 saturated carbocycles. The molecule has 0 spiro atoms. The Labute approximate surface area is 91.1 Å². The van der Waals surface area contributed by atoms with Crippen molar-refractivity contribution in [3.63, 3.8) is 0 Å². The van der Waals surface area contributed by atoms with Gasteiger partial charge in [-0.15, -0.1) is 3.89 Å². The highest BCUT2D eigenvalue weighted by atomic mass is 35.5. The molecule has 0 aliphatic carbocycles. The minimum Gasteiger partial charge on any atom is -0.224 e. The highest BCUT2D eigenvalue weighted by Crippen LogP contribution is 2.23. The van der Waals surface area contributed by atoms with Gasteiger partial charge in [-0.2, -0.15) is 8.42 Å². The quantitative estimate of drug-likeness (QED) is 0.604. The van der Waals surface area contributed by atoms with E-state index in [1.807, 2.05) is 0 Å². The molecule has 0 amide bonds. The molecule has 1 rings (SSSR count). The van der Waals surface area contributed by atoms with Gasteiger partial charge < -0.3 is 0 Å². The Hall–Kier alpha value is -0.390.